The summed E-state index contributed by atoms with van der Waals surface area (Å²) in [6.07, 6.45) is 0. The second-order valence-corrected chi connectivity index (χ2v) is 6.92. The standard InChI is InChI=1S/C20H25F3N4O3/c1-5-24-19(26-10-20(4,29)13-8-11(2)30-12(13)3)25-9-16(28)27-15-7-6-14(21)17(22)18(15)23/h6-8,29H,5,9-10H2,1-4H3,(H,27,28)(H2,24,25,26). The van der Waals surface area contributed by atoms with Crippen molar-refractivity contribution < 1.29 is 27.5 Å². The summed E-state index contributed by atoms with van der Waals surface area (Å²) in [7, 11) is 0. The fourth-order valence-corrected chi connectivity index (χ4v) is 2.82. The molecule has 30 heavy (non-hydrogen) atoms. The quantitative estimate of drug-likeness (QED) is 0.310. The minimum absolute atomic E-state index is 0.0675. The lowest BCUT2D eigenvalue weighted by atomic mass is 9.96. The summed E-state index contributed by atoms with van der Waals surface area (Å²) < 4.78 is 45.3. The van der Waals surface area contributed by atoms with Gasteiger partial charge in [0.2, 0.25) is 5.91 Å². The number of nitrogens with zero attached hydrogens (tertiary/aromatic N) is 1. The van der Waals surface area contributed by atoms with Crippen molar-refractivity contribution in [3.8, 4) is 0 Å². The van der Waals surface area contributed by atoms with E-state index >= 15 is 0 Å². The number of benzene rings is 1. The first-order valence-electron chi connectivity index (χ1n) is 9.30. The number of aliphatic hydroxyl groups is 1. The van der Waals surface area contributed by atoms with Gasteiger partial charge in [0.15, 0.2) is 23.4 Å². The molecule has 1 aromatic carbocycles. The molecule has 0 aliphatic carbocycles. The summed E-state index contributed by atoms with van der Waals surface area (Å²) in [5.41, 5.74) is -1.13. The average molecular weight is 426 g/mol. The Morgan fingerprint density at radius 2 is 1.90 bits per heavy atom. The number of halogens is 3. The second kappa shape index (κ2) is 9.66. The molecule has 2 rings (SSSR count). The molecule has 0 bridgehead atoms. The van der Waals surface area contributed by atoms with Gasteiger partial charge in [-0.1, -0.05) is 0 Å². The number of amides is 1. The number of hydrogen-bond donors (Lipinski definition) is 4. The monoisotopic (exact) mass is 426 g/mol. The highest BCUT2D eigenvalue weighted by molar-refractivity contribution is 5.94. The highest BCUT2D eigenvalue weighted by Crippen LogP contribution is 2.26. The molecular formula is C20H25F3N4O3. The van der Waals surface area contributed by atoms with Crippen LogP contribution in [0, 0.1) is 31.3 Å². The Morgan fingerprint density at radius 3 is 2.50 bits per heavy atom. The summed E-state index contributed by atoms with van der Waals surface area (Å²) in [4.78, 5) is 16.1. The highest BCUT2D eigenvalue weighted by atomic mass is 19.2. The fraction of sp³-hybridized carbons (Fsp3) is 0.400. The van der Waals surface area contributed by atoms with Crippen molar-refractivity contribution in [1.29, 1.82) is 0 Å². The molecule has 1 atom stereocenters. The lowest BCUT2D eigenvalue weighted by molar-refractivity contribution is -0.114. The largest absolute Gasteiger partial charge is 0.466 e. The Morgan fingerprint density at radius 1 is 1.20 bits per heavy atom. The zero-order valence-electron chi connectivity index (χ0n) is 17.2. The maximum Gasteiger partial charge on any atom is 0.246 e. The molecule has 0 saturated carbocycles. The minimum Gasteiger partial charge on any atom is -0.466 e. The number of anilines is 1. The van der Waals surface area contributed by atoms with Gasteiger partial charge in [-0.3, -0.25) is 4.79 Å². The summed E-state index contributed by atoms with van der Waals surface area (Å²) in [6.45, 7) is 7.09. The molecule has 7 nitrogen and oxygen atoms in total. The lowest BCUT2D eigenvalue weighted by Crippen LogP contribution is -2.45. The van der Waals surface area contributed by atoms with Crippen molar-refractivity contribution in [1.82, 2.24) is 10.6 Å². The van der Waals surface area contributed by atoms with E-state index in [9.17, 15) is 23.1 Å². The molecule has 2 aromatic rings. The first-order valence-corrected chi connectivity index (χ1v) is 9.30. The molecule has 1 amide bonds. The molecule has 0 spiro atoms. The summed E-state index contributed by atoms with van der Waals surface area (Å²) in [5.74, 6) is -3.74. The van der Waals surface area contributed by atoms with Gasteiger partial charge in [0.25, 0.3) is 0 Å². The Balaban J connectivity index is 2.02. The van der Waals surface area contributed by atoms with Crippen molar-refractivity contribution in [2.24, 2.45) is 4.99 Å². The van der Waals surface area contributed by atoms with Gasteiger partial charge in [0.05, 0.1) is 12.2 Å². The number of guanidine groups is 1. The van der Waals surface area contributed by atoms with Crippen molar-refractivity contribution in [2.45, 2.75) is 33.3 Å². The molecule has 1 unspecified atom stereocenters. The van der Waals surface area contributed by atoms with E-state index in [1.54, 1.807) is 26.8 Å². The maximum atomic E-state index is 13.7. The number of hydrogen-bond acceptors (Lipinski definition) is 4. The third-order valence-electron chi connectivity index (χ3n) is 4.26. The van der Waals surface area contributed by atoms with Crippen LogP contribution in [0.15, 0.2) is 27.6 Å². The SMILES string of the molecule is CCNC(=NCC(=O)Nc1ccc(F)c(F)c1F)NCC(C)(O)c1cc(C)oc1C. The van der Waals surface area contributed by atoms with Gasteiger partial charge in [-0.25, -0.2) is 18.2 Å². The Labute approximate surface area is 172 Å². The van der Waals surface area contributed by atoms with Gasteiger partial charge in [-0.15, -0.1) is 0 Å². The Hall–Kier alpha value is -3.01. The smallest absolute Gasteiger partial charge is 0.246 e. The van der Waals surface area contributed by atoms with E-state index in [4.69, 9.17) is 4.42 Å². The molecule has 4 N–H and O–H groups in total. The van der Waals surface area contributed by atoms with Crippen molar-refractivity contribution in [2.75, 3.05) is 25.0 Å². The van der Waals surface area contributed by atoms with Gasteiger partial charge in [0.1, 0.15) is 23.7 Å². The molecule has 1 aromatic heterocycles. The molecule has 0 radical (unpaired) electrons. The van der Waals surface area contributed by atoms with Gasteiger partial charge in [-0.05, 0) is 45.9 Å². The topological polar surface area (TPSA) is 98.9 Å². The van der Waals surface area contributed by atoms with E-state index in [-0.39, 0.29) is 12.5 Å². The molecule has 0 aliphatic rings. The molecule has 164 valence electrons. The fourth-order valence-electron chi connectivity index (χ4n) is 2.82. The number of nitrogens with one attached hydrogen (secondary N) is 3. The number of carbonyl (C=O) groups excluding carboxylic acids is 1. The number of carbonyl (C=O) groups is 1. The Bertz CT molecular complexity index is 942. The van der Waals surface area contributed by atoms with Gasteiger partial charge < -0.3 is 25.5 Å². The maximum absolute atomic E-state index is 13.7. The van der Waals surface area contributed by atoms with E-state index in [0.29, 0.717) is 29.7 Å². The molecule has 1 heterocycles. The lowest BCUT2D eigenvalue weighted by Gasteiger charge is -2.24. The van der Waals surface area contributed by atoms with Crippen LogP contribution in [0.2, 0.25) is 0 Å². The number of furan rings is 1. The van der Waals surface area contributed by atoms with E-state index in [0.717, 1.165) is 6.07 Å². The van der Waals surface area contributed by atoms with E-state index in [2.05, 4.69) is 20.9 Å². The van der Waals surface area contributed by atoms with Crippen LogP contribution < -0.4 is 16.0 Å². The van der Waals surface area contributed by atoms with Crippen LogP contribution in [-0.2, 0) is 10.4 Å². The molecule has 0 fully saturated rings. The van der Waals surface area contributed by atoms with Crippen LogP contribution in [0.3, 0.4) is 0 Å². The third kappa shape index (κ3) is 5.76. The van der Waals surface area contributed by atoms with Crippen molar-refractivity contribution >= 4 is 17.6 Å². The molecule has 0 aliphatic heterocycles. The van der Waals surface area contributed by atoms with E-state index < -0.39 is 41.2 Å². The van der Waals surface area contributed by atoms with Crippen LogP contribution in [0.5, 0.6) is 0 Å². The Kier molecular flexibility index (Phi) is 7.49. The number of aliphatic imine (C=N–C) groups is 1. The van der Waals surface area contributed by atoms with E-state index in [1.807, 2.05) is 6.92 Å². The zero-order valence-corrected chi connectivity index (χ0v) is 17.2. The highest BCUT2D eigenvalue weighted by Gasteiger charge is 2.28. The summed E-state index contributed by atoms with van der Waals surface area (Å²) in [5, 5.41) is 18.7. The summed E-state index contributed by atoms with van der Waals surface area (Å²) >= 11 is 0. The normalized spacial score (nSPS) is 13.7. The minimum atomic E-state index is -1.67. The van der Waals surface area contributed by atoms with E-state index in [1.165, 1.54) is 0 Å². The molecule has 10 heteroatoms. The van der Waals surface area contributed by atoms with Gasteiger partial charge in [0, 0.05) is 12.1 Å². The van der Waals surface area contributed by atoms with Crippen molar-refractivity contribution in [3.63, 3.8) is 0 Å². The third-order valence-corrected chi connectivity index (χ3v) is 4.26. The first-order chi connectivity index (χ1) is 14.0. The predicted octanol–water partition coefficient (Wildman–Crippen LogP) is 2.72. The zero-order chi connectivity index (χ0) is 22.5. The predicted molar refractivity (Wildman–Crippen MR) is 107 cm³/mol. The summed E-state index contributed by atoms with van der Waals surface area (Å²) in [6, 6.07) is 3.38. The van der Waals surface area contributed by atoms with Crippen LogP contribution in [0.4, 0.5) is 18.9 Å². The van der Waals surface area contributed by atoms with Crippen LogP contribution >= 0.6 is 0 Å². The van der Waals surface area contributed by atoms with Crippen LogP contribution in [-0.4, -0.2) is 36.6 Å². The number of rotatable bonds is 7. The van der Waals surface area contributed by atoms with Crippen LogP contribution in [0.25, 0.3) is 0 Å². The first kappa shape index (κ1) is 23.3. The van der Waals surface area contributed by atoms with Crippen LogP contribution in [0.1, 0.15) is 30.9 Å². The second-order valence-electron chi connectivity index (χ2n) is 6.92. The molecular weight excluding hydrogens is 401 g/mol. The van der Waals surface area contributed by atoms with Gasteiger partial charge >= 0.3 is 0 Å². The molecule has 0 saturated heterocycles. The number of aryl methyl sites for hydroxylation is 2. The average Bonchev–Trinajstić information content (AvgIpc) is 3.03. The van der Waals surface area contributed by atoms with Crippen molar-refractivity contribution in [3.05, 3.63) is 52.7 Å². The van der Waals surface area contributed by atoms with Gasteiger partial charge in [-0.2, -0.15) is 0 Å².